The molecule has 0 unspecified atom stereocenters. The number of benzene rings is 1. The second-order valence-corrected chi connectivity index (χ2v) is 6.36. The molecular formula is C17H17ClN4O. The number of amides is 1. The first kappa shape index (κ1) is 14.3. The van der Waals surface area contributed by atoms with Crippen LogP contribution in [0, 0.1) is 0 Å². The molecule has 1 aliphatic rings. The highest BCUT2D eigenvalue weighted by Gasteiger charge is 2.27. The van der Waals surface area contributed by atoms with E-state index in [9.17, 15) is 4.79 Å². The Morgan fingerprint density at radius 3 is 3.13 bits per heavy atom. The van der Waals surface area contributed by atoms with Crippen LogP contribution in [-0.4, -0.2) is 38.7 Å². The van der Waals surface area contributed by atoms with Crippen molar-refractivity contribution in [3.05, 3.63) is 53.4 Å². The highest BCUT2D eigenvalue weighted by atomic mass is 35.5. The number of hydrogen-bond donors (Lipinski definition) is 1. The predicted molar refractivity (Wildman–Crippen MR) is 89.7 cm³/mol. The number of rotatable bonds is 2. The normalized spacial score (nSPS) is 18.5. The number of halogens is 1. The van der Waals surface area contributed by atoms with Crippen LogP contribution >= 0.6 is 11.6 Å². The fourth-order valence-corrected chi connectivity index (χ4v) is 3.47. The van der Waals surface area contributed by atoms with E-state index >= 15 is 0 Å². The largest absolute Gasteiger partial charge is 0.360 e. The standard InChI is InChI=1S/C17H17ClN4O/c18-12-4-5-14-15(10-19-16(14)9-12)17(23)21-7-1-3-13(11-21)22-8-2-6-20-22/h2,4-6,8-10,13,19H,1,3,7,11H2/t13-/m1/s1. The number of carbonyl (C=O) groups excluding carboxylic acids is 1. The number of nitrogens with zero attached hydrogens (tertiary/aromatic N) is 3. The van der Waals surface area contributed by atoms with Crippen LogP contribution in [0.2, 0.25) is 5.02 Å². The van der Waals surface area contributed by atoms with Gasteiger partial charge in [0.15, 0.2) is 0 Å². The SMILES string of the molecule is O=C(c1c[nH]c2cc(Cl)ccc12)N1CCC[C@@H](n2cccn2)C1. The summed E-state index contributed by atoms with van der Waals surface area (Å²) in [5.74, 6) is 0.0652. The Labute approximate surface area is 138 Å². The molecule has 0 bridgehead atoms. The molecule has 4 rings (SSSR count). The average molecular weight is 329 g/mol. The number of likely N-dealkylation sites (tertiary alicyclic amines) is 1. The molecule has 23 heavy (non-hydrogen) atoms. The van der Waals surface area contributed by atoms with Gasteiger partial charge >= 0.3 is 0 Å². The van der Waals surface area contributed by atoms with E-state index in [0.29, 0.717) is 17.1 Å². The van der Waals surface area contributed by atoms with Gasteiger partial charge in [-0.2, -0.15) is 5.10 Å². The van der Waals surface area contributed by atoms with Crippen molar-refractivity contribution >= 4 is 28.4 Å². The van der Waals surface area contributed by atoms with Crippen LogP contribution in [0.4, 0.5) is 0 Å². The molecule has 0 radical (unpaired) electrons. The van der Waals surface area contributed by atoms with Crippen molar-refractivity contribution in [2.45, 2.75) is 18.9 Å². The van der Waals surface area contributed by atoms with E-state index in [-0.39, 0.29) is 11.9 Å². The maximum Gasteiger partial charge on any atom is 0.256 e. The first-order valence-electron chi connectivity index (χ1n) is 7.77. The van der Waals surface area contributed by atoms with E-state index < -0.39 is 0 Å². The summed E-state index contributed by atoms with van der Waals surface area (Å²) in [6.45, 7) is 1.48. The van der Waals surface area contributed by atoms with Gasteiger partial charge < -0.3 is 9.88 Å². The molecule has 1 saturated heterocycles. The van der Waals surface area contributed by atoms with Gasteiger partial charge in [-0.25, -0.2) is 0 Å². The van der Waals surface area contributed by atoms with Crippen LogP contribution in [0.25, 0.3) is 10.9 Å². The highest BCUT2D eigenvalue weighted by molar-refractivity contribution is 6.31. The van der Waals surface area contributed by atoms with E-state index in [1.807, 2.05) is 40.0 Å². The third-order valence-corrected chi connectivity index (χ3v) is 4.69. The Hall–Kier alpha value is -2.27. The minimum Gasteiger partial charge on any atom is -0.360 e. The number of carbonyl (C=O) groups is 1. The molecular weight excluding hydrogens is 312 g/mol. The molecule has 1 amide bonds. The Bertz CT molecular complexity index is 840. The summed E-state index contributed by atoms with van der Waals surface area (Å²) >= 11 is 6.01. The maximum absolute atomic E-state index is 12.9. The second-order valence-electron chi connectivity index (χ2n) is 5.93. The molecule has 1 N–H and O–H groups in total. The molecule has 0 saturated carbocycles. The zero-order valence-corrected chi connectivity index (χ0v) is 13.3. The van der Waals surface area contributed by atoms with Crippen LogP contribution in [0.3, 0.4) is 0 Å². The number of fused-ring (bicyclic) bond motifs is 1. The van der Waals surface area contributed by atoms with Crippen molar-refractivity contribution in [2.24, 2.45) is 0 Å². The fourth-order valence-electron chi connectivity index (χ4n) is 3.30. The molecule has 2 aromatic heterocycles. The summed E-state index contributed by atoms with van der Waals surface area (Å²) in [5, 5.41) is 5.89. The zero-order valence-electron chi connectivity index (χ0n) is 12.6. The van der Waals surface area contributed by atoms with Gasteiger partial charge in [0.1, 0.15) is 0 Å². The first-order valence-corrected chi connectivity index (χ1v) is 8.15. The smallest absolute Gasteiger partial charge is 0.256 e. The summed E-state index contributed by atoms with van der Waals surface area (Å²) in [7, 11) is 0. The molecule has 0 aliphatic carbocycles. The van der Waals surface area contributed by atoms with Gasteiger partial charge in [-0.15, -0.1) is 0 Å². The van der Waals surface area contributed by atoms with E-state index in [4.69, 9.17) is 11.6 Å². The third kappa shape index (κ3) is 2.61. The van der Waals surface area contributed by atoms with Gasteiger partial charge in [0, 0.05) is 47.6 Å². The van der Waals surface area contributed by atoms with E-state index in [1.54, 1.807) is 12.4 Å². The van der Waals surface area contributed by atoms with Gasteiger partial charge in [0.2, 0.25) is 0 Å². The lowest BCUT2D eigenvalue weighted by atomic mass is 10.0. The topological polar surface area (TPSA) is 53.9 Å². The minimum atomic E-state index is 0.0652. The molecule has 6 heteroatoms. The van der Waals surface area contributed by atoms with Gasteiger partial charge in [-0.3, -0.25) is 9.48 Å². The molecule has 0 spiro atoms. The summed E-state index contributed by atoms with van der Waals surface area (Å²) in [6.07, 6.45) is 7.57. The van der Waals surface area contributed by atoms with Gasteiger partial charge in [0.05, 0.1) is 11.6 Å². The Balaban J connectivity index is 1.60. The summed E-state index contributed by atoms with van der Waals surface area (Å²) in [6, 6.07) is 7.73. The van der Waals surface area contributed by atoms with Crippen molar-refractivity contribution in [3.8, 4) is 0 Å². The van der Waals surface area contributed by atoms with Gasteiger partial charge in [0.25, 0.3) is 5.91 Å². The van der Waals surface area contributed by atoms with E-state index in [0.717, 1.165) is 30.3 Å². The van der Waals surface area contributed by atoms with Crippen LogP contribution in [-0.2, 0) is 0 Å². The lowest BCUT2D eigenvalue weighted by Gasteiger charge is -2.32. The number of aromatic nitrogens is 3. The van der Waals surface area contributed by atoms with E-state index in [2.05, 4.69) is 10.1 Å². The summed E-state index contributed by atoms with van der Waals surface area (Å²) < 4.78 is 1.95. The zero-order chi connectivity index (χ0) is 15.8. The van der Waals surface area contributed by atoms with Crippen molar-refractivity contribution < 1.29 is 4.79 Å². The van der Waals surface area contributed by atoms with Crippen molar-refractivity contribution in [3.63, 3.8) is 0 Å². The van der Waals surface area contributed by atoms with Crippen LogP contribution in [0.15, 0.2) is 42.9 Å². The molecule has 1 fully saturated rings. The van der Waals surface area contributed by atoms with Gasteiger partial charge in [-0.05, 0) is 31.0 Å². The highest BCUT2D eigenvalue weighted by Crippen LogP contribution is 2.26. The Morgan fingerprint density at radius 1 is 1.39 bits per heavy atom. The molecule has 1 aromatic carbocycles. The van der Waals surface area contributed by atoms with Crippen LogP contribution < -0.4 is 0 Å². The molecule has 1 atom stereocenters. The number of nitrogens with one attached hydrogen (secondary N) is 1. The Morgan fingerprint density at radius 2 is 2.30 bits per heavy atom. The van der Waals surface area contributed by atoms with E-state index in [1.165, 1.54) is 0 Å². The molecule has 118 valence electrons. The van der Waals surface area contributed by atoms with Crippen molar-refractivity contribution in [1.29, 1.82) is 0 Å². The second kappa shape index (κ2) is 5.74. The fraction of sp³-hybridized carbons (Fsp3) is 0.294. The van der Waals surface area contributed by atoms with Crippen LogP contribution in [0.5, 0.6) is 0 Å². The number of hydrogen-bond acceptors (Lipinski definition) is 2. The van der Waals surface area contributed by atoms with Crippen molar-refractivity contribution in [2.75, 3.05) is 13.1 Å². The molecule has 3 aromatic rings. The maximum atomic E-state index is 12.9. The predicted octanol–water partition coefficient (Wildman–Crippen LogP) is 3.50. The average Bonchev–Trinajstić information content (AvgIpc) is 3.23. The lowest BCUT2D eigenvalue weighted by Crippen LogP contribution is -2.40. The Kier molecular flexibility index (Phi) is 3.58. The van der Waals surface area contributed by atoms with Gasteiger partial charge in [-0.1, -0.05) is 17.7 Å². The summed E-state index contributed by atoms with van der Waals surface area (Å²) in [5.41, 5.74) is 1.60. The first-order chi connectivity index (χ1) is 11.2. The molecule has 3 heterocycles. The minimum absolute atomic E-state index is 0.0652. The number of piperidine rings is 1. The lowest BCUT2D eigenvalue weighted by molar-refractivity contribution is 0.0675. The number of H-pyrrole nitrogens is 1. The van der Waals surface area contributed by atoms with Crippen LogP contribution in [0.1, 0.15) is 29.2 Å². The monoisotopic (exact) mass is 328 g/mol. The summed E-state index contributed by atoms with van der Waals surface area (Å²) in [4.78, 5) is 18.0. The number of aromatic amines is 1. The molecule has 5 nitrogen and oxygen atoms in total. The van der Waals surface area contributed by atoms with Crippen molar-refractivity contribution in [1.82, 2.24) is 19.7 Å². The third-order valence-electron chi connectivity index (χ3n) is 4.46. The quantitative estimate of drug-likeness (QED) is 0.782. The molecule has 1 aliphatic heterocycles.